The molecule has 1 amide bonds. The van der Waals surface area contributed by atoms with Crippen LogP contribution in [-0.2, 0) is 11.2 Å². The molecule has 106 valence electrons. The van der Waals surface area contributed by atoms with E-state index in [0.717, 1.165) is 16.0 Å². The molecule has 2 rings (SSSR count). The first-order chi connectivity index (χ1) is 9.69. The van der Waals surface area contributed by atoms with Crippen molar-refractivity contribution in [3.63, 3.8) is 0 Å². The van der Waals surface area contributed by atoms with Crippen LogP contribution in [0, 0.1) is 0 Å². The lowest BCUT2D eigenvalue weighted by Gasteiger charge is -2.12. The number of nitrogens with one attached hydrogen (secondary N) is 1. The molecule has 20 heavy (non-hydrogen) atoms. The van der Waals surface area contributed by atoms with Gasteiger partial charge < -0.3 is 10.4 Å². The number of aliphatic hydroxyl groups is 1. The quantitative estimate of drug-likeness (QED) is 0.807. The number of rotatable bonds is 6. The molecule has 2 N–H and O–H groups in total. The van der Waals surface area contributed by atoms with Crippen LogP contribution in [0.25, 0.3) is 0 Å². The summed E-state index contributed by atoms with van der Waals surface area (Å²) < 4.78 is 0. The van der Waals surface area contributed by atoms with E-state index in [2.05, 4.69) is 5.32 Å². The van der Waals surface area contributed by atoms with E-state index in [4.69, 9.17) is 0 Å². The topological polar surface area (TPSA) is 49.3 Å². The third-order valence-corrected chi connectivity index (χ3v) is 4.41. The fourth-order valence-electron chi connectivity index (χ4n) is 1.80. The third-order valence-electron chi connectivity index (χ3n) is 2.94. The number of aliphatic hydroxyl groups excluding tert-OH is 1. The van der Waals surface area contributed by atoms with Crippen LogP contribution >= 0.6 is 23.1 Å². The highest BCUT2D eigenvalue weighted by molar-refractivity contribution is 7.98. The van der Waals surface area contributed by atoms with Crippen molar-refractivity contribution in [2.45, 2.75) is 17.4 Å². The molecule has 2 aromatic rings. The van der Waals surface area contributed by atoms with Crippen molar-refractivity contribution >= 4 is 29.0 Å². The standard InChI is InChI=1S/C15H17NO2S2/c1-19-13-4-2-12(3-5-13)14(17)9-16-15(18)8-11-6-7-20-10-11/h2-7,10,14,17H,8-9H2,1H3,(H,16,18)/t14-/m0/s1. The fraction of sp³-hybridized carbons (Fsp3) is 0.267. The largest absolute Gasteiger partial charge is 0.387 e. The maximum absolute atomic E-state index is 11.7. The van der Waals surface area contributed by atoms with Crippen molar-refractivity contribution in [1.82, 2.24) is 5.32 Å². The van der Waals surface area contributed by atoms with E-state index in [9.17, 15) is 9.90 Å². The predicted molar refractivity (Wildman–Crippen MR) is 84.2 cm³/mol. The maximum Gasteiger partial charge on any atom is 0.224 e. The lowest BCUT2D eigenvalue weighted by molar-refractivity contribution is -0.120. The highest BCUT2D eigenvalue weighted by Crippen LogP contribution is 2.18. The van der Waals surface area contributed by atoms with Crippen LogP contribution in [0.1, 0.15) is 17.2 Å². The number of hydrogen-bond acceptors (Lipinski definition) is 4. The van der Waals surface area contributed by atoms with E-state index >= 15 is 0 Å². The zero-order chi connectivity index (χ0) is 14.4. The van der Waals surface area contributed by atoms with Crippen molar-refractivity contribution in [2.75, 3.05) is 12.8 Å². The summed E-state index contributed by atoms with van der Waals surface area (Å²) in [6.45, 7) is 0.238. The van der Waals surface area contributed by atoms with Gasteiger partial charge in [-0.15, -0.1) is 11.8 Å². The molecule has 1 atom stereocenters. The normalized spacial score (nSPS) is 12.1. The molecule has 0 aliphatic heterocycles. The van der Waals surface area contributed by atoms with E-state index in [0.29, 0.717) is 6.42 Å². The van der Waals surface area contributed by atoms with Gasteiger partial charge >= 0.3 is 0 Å². The van der Waals surface area contributed by atoms with Crippen LogP contribution in [0.5, 0.6) is 0 Å². The van der Waals surface area contributed by atoms with Crippen LogP contribution in [0.3, 0.4) is 0 Å². The summed E-state index contributed by atoms with van der Waals surface area (Å²) in [6.07, 6.45) is 1.70. The molecular formula is C15H17NO2S2. The van der Waals surface area contributed by atoms with Gasteiger partial charge in [0.15, 0.2) is 0 Å². The molecule has 0 saturated carbocycles. The Morgan fingerprint density at radius 3 is 2.70 bits per heavy atom. The Bertz CT molecular complexity index is 538. The Morgan fingerprint density at radius 2 is 2.10 bits per heavy atom. The van der Waals surface area contributed by atoms with E-state index in [1.807, 2.05) is 47.3 Å². The van der Waals surface area contributed by atoms with Gasteiger partial charge in [0.05, 0.1) is 12.5 Å². The number of hydrogen-bond donors (Lipinski definition) is 2. The molecule has 0 fully saturated rings. The summed E-state index contributed by atoms with van der Waals surface area (Å²) in [4.78, 5) is 12.9. The molecule has 1 aromatic heterocycles. The van der Waals surface area contributed by atoms with Gasteiger partial charge in [-0.2, -0.15) is 11.3 Å². The van der Waals surface area contributed by atoms with Crippen LogP contribution in [0.2, 0.25) is 0 Å². The van der Waals surface area contributed by atoms with E-state index in [1.54, 1.807) is 23.1 Å². The SMILES string of the molecule is CSc1ccc([C@@H](O)CNC(=O)Cc2ccsc2)cc1. The highest BCUT2D eigenvalue weighted by atomic mass is 32.2. The Hall–Kier alpha value is -1.30. The molecule has 0 saturated heterocycles. The molecule has 5 heteroatoms. The van der Waals surface area contributed by atoms with Crippen LogP contribution in [0.15, 0.2) is 46.0 Å². The summed E-state index contributed by atoms with van der Waals surface area (Å²) in [5.41, 5.74) is 1.82. The molecule has 0 spiro atoms. The van der Waals surface area contributed by atoms with Gasteiger partial charge in [0.1, 0.15) is 0 Å². The second-order valence-corrected chi connectivity index (χ2v) is 6.06. The smallest absolute Gasteiger partial charge is 0.224 e. The summed E-state index contributed by atoms with van der Waals surface area (Å²) in [7, 11) is 0. The van der Waals surface area contributed by atoms with Gasteiger partial charge in [0.2, 0.25) is 5.91 Å². The average molecular weight is 307 g/mol. The van der Waals surface area contributed by atoms with Gasteiger partial charge in [-0.3, -0.25) is 4.79 Å². The van der Waals surface area contributed by atoms with Gasteiger partial charge in [0, 0.05) is 11.4 Å². The van der Waals surface area contributed by atoms with Crippen molar-refractivity contribution in [2.24, 2.45) is 0 Å². The van der Waals surface area contributed by atoms with Gasteiger partial charge in [-0.05, 0) is 46.3 Å². The predicted octanol–water partition coefficient (Wildman–Crippen LogP) is 2.86. The van der Waals surface area contributed by atoms with E-state index in [1.165, 1.54) is 0 Å². The van der Waals surface area contributed by atoms with Crippen molar-refractivity contribution in [3.05, 3.63) is 52.2 Å². The first-order valence-electron chi connectivity index (χ1n) is 6.29. The molecule has 0 radical (unpaired) electrons. The third kappa shape index (κ3) is 4.37. The Balaban J connectivity index is 1.81. The summed E-state index contributed by atoms with van der Waals surface area (Å²) in [5, 5.41) is 16.7. The van der Waals surface area contributed by atoms with Gasteiger partial charge in [0.25, 0.3) is 0 Å². The zero-order valence-corrected chi connectivity index (χ0v) is 12.8. The van der Waals surface area contributed by atoms with Crippen molar-refractivity contribution < 1.29 is 9.90 Å². The molecule has 0 aliphatic carbocycles. The number of carbonyl (C=O) groups is 1. The molecule has 0 aliphatic rings. The molecule has 3 nitrogen and oxygen atoms in total. The summed E-state index contributed by atoms with van der Waals surface area (Å²) in [5.74, 6) is -0.0665. The monoisotopic (exact) mass is 307 g/mol. The summed E-state index contributed by atoms with van der Waals surface area (Å²) in [6, 6.07) is 9.65. The minimum atomic E-state index is -0.669. The van der Waals surface area contributed by atoms with E-state index < -0.39 is 6.10 Å². The minimum absolute atomic E-state index is 0.0665. The molecule has 1 heterocycles. The Labute approximate surface area is 127 Å². The van der Waals surface area contributed by atoms with E-state index in [-0.39, 0.29) is 12.5 Å². The lowest BCUT2D eigenvalue weighted by atomic mass is 10.1. The second-order valence-electron chi connectivity index (χ2n) is 4.40. The van der Waals surface area contributed by atoms with Gasteiger partial charge in [-0.25, -0.2) is 0 Å². The van der Waals surface area contributed by atoms with Crippen LogP contribution in [0.4, 0.5) is 0 Å². The highest BCUT2D eigenvalue weighted by Gasteiger charge is 2.10. The summed E-state index contributed by atoms with van der Waals surface area (Å²) >= 11 is 3.23. The number of thioether (sulfide) groups is 1. The second kappa shape index (κ2) is 7.47. The Kier molecular flexibility index (Phi) is 5.64. The number of thiophene rings is 1. The first-order valence-corrected chi connectivity index (χ1v) is 8.45. The number of amides is 1. The molecule has 1 aromatic carbocycles. The number of carbonyl (C=O) groups excluding carboxylic acids is 1. The maximum atomic E-state index is 11.7. The molecule has 0 bridgehead atoms. The average Bonchev–Trinajstić information content (AvgIpc) is 2.97. The first kappa shape index (κ1) is 15.1. The van der Waals surface area contributed by atoms with Crippen molar-refractivity contribution in [3.8, 4) is 0 Å². The van der Waals surface area contributed by atoms with Gasteiger partial charge in [-0.1, -0.05) is 12.1 Å². The minimum Gasteiger partial charge on any atom is -0.387 e. The number of benzene rings is 1. The van der Waals surface area contributed by atoms with Crippen LogP contribution < -0.4 is 5.32 Å². The Morgan fingerprint density at radius 1 is 1.35 bits per heavy atom. The lowest BCUT2D eigenvalue weighted by Crippen LogP contribution is -2.29. The molecular weight excluding hydrogens is 290 g/mol. The zero-order valence-electron chi connectivity index (χ0n) is 11.2. The van der Waals surface area contributed by atoms with Crippen molar-refractivity contribution in [1.29, 1.82) is 0 Å². The molecule has 0 unspecified atom stereocenters. The fourth-order valence-corrected chi connectivity index (χ4v) is 2.87. The van der Waals surface area contributed by atoms with Crippen LogP contribution in [-0.4, -0.2) is 23.8 Å².